The summed E-state index contributed by atoms with van der Waals surface area (Å²) in [5.74, 6) is -0.191. The van der Waals surface area contributed by atoms with Crippen molar-refractivity contribution in [1.82, 2.24) is 4.98 Å². The Bertz CT molecular complexity index is 1250. The molecule has 1 aliphatic heterocycles. The van der Waals surface area contributed by atoms with Crippen molar-refractivity contribution in [2.45, 2.75) is 25.7 Å². The second-order valence-electron chi connectivity index (χ2n) is 8.33. The molecule has 0 spiro atoms. The van der Waals surface area contributed by atoms with E-state index in [1.165, 1.54) is 16.9 Å². The number of para-hydroxylation sites is 2. The molecule has 5 rings (SSSR count). The van der Waals surface area contributed by atoms with Gasteiger partial charge in [0, 0.05) is 24.6 Å². The predicted molar refractivity (Wildman–Crippen MR) is 134 cm³/mol. The largest absolute Gasteiger partial charge is 0.326 e. The van der Waals surface area contributed by atoms with Gasteiger partial charge in [0.05, 0.1) is 10.2 Å². The molecule has 0 saturated heterocycles. The number of carbonyl (C=O) groups excluding carboxylic acids is 2. The maximum atomic E-state index is 13.4. The summed E-state index contributed by atoms with van der Waals surface area (Å²) < 4.78 is 1.06. The molecule has 1 aliphatic rings. The van der Waals surface area contributed by atoms with Gasteiger partial charge >= 0.3 is 0 Å². The Kier molecular flexibility index (Phi) is 6.17. The molecule has 5 nitrogen and oxygen atoms in total. The number of fused-ring (bicyclic) bond motifs is 2. The first kappa shape index (κ1) is 21.3. The lowest BCUT2D eigenvalue weighted by atomic mass is 9.89. The summed E-state index contributed by atoms with van der Waals surface area (Å²) in [6, 6.07) is 26.0. The van der Waals surface area contributed by atoms with E-state index in [1.54, 1.807) is 4.90 Å². The lowest BCUT2D eigenvalue weighted by molar-refractivity contribution is -0.121. The van der Waals surface area contributed by atoms with Crippen LogP contribution in [0.25, 0.3) is 10.2 Å². The molecule has 1 unspecified atom stereocenters. The molecule has 1 atom stereocenters. The molecule has 6 heteroatoms. The van der Waals surface area contributed by atoms with Gasteiger partial charge in [-0.1, -0.05) is 72.0 Å². The van der Waals surface area contributed by atoms with Gasteiger partial charge in [-0.25, -0.2) is 4.98 Å². The zero-order chi connectivity index (χ0) is 22.6. The quantitative estimate of drug-likeness (QED) is 0.402. The standard InChI is InChI=1S/C27H25N3O2S/c31-25(15-14-21-18-20-10-4-5-11-22(20)28-26(21)32)30(17-16-19-8-2-1-3-9-19)27-29-23-12-6-7-13-24(23)33-27/h1-13,21H,14-18H2,(H,28,32). The molecule has 4 aromatic rings. The fourth-order valence-corrected chi connectivity index (χ4v) is 5.28. The van der Waals surface area contributed by atoms with E-state index < -0.39 is 0 Å². The zero-order valence-electron chi connectivity index (χ0n) is 18.2. The molecule has 0 aliphatic carbocycles. The van der Waals surface area contributed by atoms with Gasteiger partial charge in [-0.2, -0.15) is 0 Å². The van der Waals surface area contributed by atoms with Gasteiger partial charge in [-0.05, 0) is 48.6 Å². The topological polar surface area (TPSA) is 62.3 Å². The molecule has 0 saturated carbocycles. The molecule has 166 valence electrons. The Morgan fingerprint density at radius 2 is 1.76 bits per heavy atom. The van der Waals surface area contributed by atoms with Crippen molar-refractivity contribution in [3.63, 3.8) is 0 Å². The smallest absolute Gasteiger partial charge is 0.228 e. The summed E-state index contributed by atoms with van der Waals surface area (Å²) in [6.07, 6.45) is 2.25. The SMILES string of the molecule is O=C1Nc2ccccc2CC1CCC(=O)N(CCc1ccccc1)c1nc2ccccc2s1. The van der Waals surface area contributed by atoms with Gasteiger partial charge < -0.3 is 5.32 Å². The number of nitrogens with zero attached hydrogens (tertiary/aromatic N) is 2. The second kappa shape index (κ2) is 9.55. The van der Waals surface area contributed by atoms with E-state index in [4.69, 9.17) is 4.98 Å². The number of aromatic nitrogens is 1. The number of hydrogen-bond acceptors (Lipinski definition) is 4. The van der Waals surface area contributed by atoms with E-state index >= 15 is 0 Å². The van der Waals surface area contributed by atoms with Crippen LogP contribution in [-0.4, -0.2) is 23.3 Å². The number of thiazole rings is 1. The molecule has 0 fully saturated rings. The van der Waals surface area contributed by atoms with Crippen LogP contribution in [0, 0.1) is 5.92 Å². The lowest BCUT2D eigenvalue weighted by Gasteiger charge is -2.25. The van der Waals surface area contributed by atoms with E-state index in [0.29, 0.717) is 25.8 Å². The number of anilines is 2. The van der Waals surface area contributed by atoms with Crippen LogP contribution < -0.4 is 10.2 Å². The first-order valence-corrected chi connectivity index (χ1v) is 12.1. The van der Waals surface area contributed by atoms with Crippen molar-refractivity contribution in [1.29, 1.82) is 0 Å². The van der Waals surface area contributed by atoms with Gasteiger partial charge in [-0.3, -0.25) is 14.5 Å². The van der Waals surface area contributed by atoms with Crippen molar-refractivity contribution >= 4 is 44.2 Å². The molecular weight excluding hydrogens is 430 g/mol. The number of amides is 2. The molecule has 2 amide bonds. The maximum Gasteiger partial charge on any atom is 0.228 e. The molecule has 1 N–H and O–H groups in total. The highest BCUT2D eigenvalue weighted by atomic mass is 32.1. The highest BCUT2D eigenvalue weighted by molar-refractivity contribution is 7.22. The van der Waals surface area contributed by atoms with Crippen LogP contribution in [0.2, 0.25) is 0 Å². The number of benzene rings is 3. The number of nitrogens with one attached hydrogen (secondary N) is 1. The van der Waals surface area contributed by atoms with Crippen LogP contribution in [0.1, 0.15) is 24.0 Å². The maximum absolute atomic E-state index is 13.4. The summed E-state index contributed by atoms with van der Waals surface area (Å²) in [7, 11) is 0. The predicted octanol–water partition coefficient (Wildman–Crippen LogP) is 5.46. The summed E-state index contributed by atoms with van der Waals surface area (Å²) in [5.41, 5.74) is 4.09. The van der Waals surface area contributed by atoms with Crippen molar-refractivity contribution in [3.05, 3.63) is 90.0 Å². The molecule has 2 heterocycles. The third kappa shape index (κ3) is 4.81. The summed E-state index contributed by atoms with van der Waals surface area (Å²) in [5, 5.41) is 3.70. The molecule has 0 radical (unpaired) electrons. The van der Waals surface area contributed by atoms with Gasteiger partial charge in [0.1, 0.15) is 0 Å². The van der Waals surface area contributed by atoms with Gasteiger partial charge in [0.15, 0.2) is 5.13 Å². The highest BCUT2D eigenvalue weighted by Gasteiger charge is 2.28. The van der Waals surface area contributed by atoms with Crippen LogP contribution in [0.5, 0.6) is 0 Å². The lowest BCUT2D eigenvalue weighted by Crippen LogP contribution is -2.35. The Labute approximate surface area is 197 Å². The zero-order valence-corrected chi connectivity index (χ0v) is 19.1. The number of rotatable bonds is 7. The average molecular weight is 456 g/mol. The van der Waals surface area contributed by atoms with E-state index in [-0.39, 0.29) is 17.7 Å². The number of carbonyl (C=O) groups is 2. The van der Waals surface area contributed by atoms with Crippen molar-refractivity contribution < 1.29 is 9.59 Å². The van der Waals surface area contributed by atoms with Crippen molar-refractivity contribution in [3.8, 4) is 0 Å². The molecule has 0 bridgehead atoms. The van der Waals surface area contributed by atoms with Crippen LogP contribution in [0.15, 0.2) is 78.9 Å². The monoisotopic (exact) mass is 455 g/mol. The fraction of sp³-hybridized carbons (Fsp3) is 0.222. The van der Waals surface area contributed by atoms with E-state index in [1.807, 2.05) is 66.7 Å². The van der Waals surface area contributed by atoms with Gasteiger partial charge in [0.2, 0.25) is 11.8 Å². The average Bonchev–Trinajstić information content (AvgIpc) is 3.27. The Hall–Kier alpha value is -3.51. The Morgan fingerprint density at radius 1 is 1.00 bits per heavy atom. The summed E-state index contributed by atoms with van der Waals surface area (Å²) in [6.45, 7) is 0.558. The fourth-order valence-electron chi connectivity index (χ4n) is 4.27. The Morgan fingerprint density at radius 3 is 2.61 bits per heavy atom. The van der Waals surface area contributed by atoms with Crippen molar-refractivity contribution in [2.75, 3.05) is 16.8 Å². The van der Waals surface area contributed by atoms with E-state index in [0.717, 1.165) is 33.0 Å². The van der Waals surface area contributed by atoms with Gasteiger partial charge in [-0.15, -0.1) is 0 Å². The third-order valence-electron chi connectivity index (χ3n) is 6.10. The highest BCUT2D eigenvalue weighted by Crippen LogP contribution is 2.31. The van der Waals surface area contributed by atoms with Crippen LogP contribution in [0.3, 0.4) is 0 Å². The van der Waals surface area contributed by atoms with E-state index in [9.17, 15) is 9.59 Å². The molecule has 1 aromatic heterocycles. The first-order chi connectivity index (χ1) is 16.2. The van der Waals surface area contributed by atoms with E-state index in [2.05, 4.69) is 17.4 Å². The minimum atomic E-state index is -0.199. The summed E-state index contributed by atoms with van der Waals surface area (Å²) >= 11 is 1.54. The first-order valence-electron chi connectivity index (χ1n) is 11.3. The van der Waals surface area contributed by atoms with Crippen molar-refractivity contribution in [2.24, 2.45) is 5.92 Å². The van der Waals surface area contributed by atoms with Gasteiger partial charge in [0.25, 0.3) is 0 Å². The van der Waals surface area contributed by atoms with Crippen LogP contribution in [-0.2, 0) is 22.4 Å². The van der Waals surface area contributed by atoms with Crippen LogP contribution in [0.4, 0.5) is 10.8 Å². The summed E-state index contributed by atoms with van der Waals surface area (Å²) in [4.78, 5) is 32.5. The minimum Gasteiger partial charge on any atom is -0.326 e. The Balaban J connectivity index is 1.32. The molecular formula is C27H25N3O2S. The molecule has 3 aromatic carbocycles. The third-order valence-corrected chi connectivity index (χ3v) is 7.16. The second-order valence-corrected chi connectivity index (χ2v) is 9.34. The van der Waals surface area contributed by atoms with Crippen LogP contribution >= 0.6 is 11.3 Å². The minimum absolute atomic E-state index is 0.00248. The normalized spacial score (nSPS) is 15.2. The molecule has 33 heavy (non-hydrogen) atoms. The number of hydrogen-bond donors (Lipinski definition) is 1.